The fraction of sp³-hybridized carbons (Fsp3) is 0.333. The zero-order chi connectivity index (χ0) is 18.7. The summed E-state index contributed by atoms with van der Waals surface area (Å²) in [5, 5.41) is 6.81. The molecule has 0 saturated carbocycles. The van der Waals surface area contributed by atoms with E-state index in [4.69, 9.17) is 4.52 Å². The third-order valence-electron chi connectivity index (χ3n) is 3.94. The molecule has 136 valence electrons. The summed E-state index contributed by atoms with van der Waals surface area (Å²) in [7, 11) is 0. The van der Waals surface area contributed by atoms with Gasteiger partial charge in [0.1, 0.15) is 29.8 Å². The molecule has 1 aromatic carbocycles. The first kappa shape index (κ1) is 17.8. The van der Waals surface area contributed by atoms with E-state index in [0.717, 1.165) is 6.42 Å². The van der Waals surface area contributed by atoms with Gasteiger partial charge in [-0.3, -0.25) is 14.2 Å². The molecule has 2 aromatic heterocycles. The van der Waals surface area contributed by atoms with Gasteiger partial charge in [0.05, 0.1) is 0 Å². The second kappa shape index (κ2) is 7.47. The highest BCUT2D eigenvalue weighted by Crippen LogP contribution is 2.24. The van der Waals surface area contributed by atoms with Gasteiger partial charge in [0.2, 0.25) is 5.91 Å². The molecule has 0 atom stereocenters. The topological polar surface area (TPSA) is 90.0 Å². The molecule has 3 aromatic rings. The molecule has 3 rings (SSSR count). The van der Waals surface area contributed by atoms with Crippen LogP contribution in [0, 0.1) is 11.7 Å². The molecule has 0 fully saturated rings. The third kappa shape index (κ3) is 3.79. The number of nitrogens with zero attached hydrogens (tertiary/aromatic N) is 3. The van der Waals surface area contributed by atoms with E-state index in [0.29, 0.717) is 18.0 Å². The molecule has 0 bridgehead atoms. The Morgan fingerprint density at radius 3 is 2.73 bits per heavy atom. The van der Waals surface area contributed by atoms with E-state index >= 15 is 0 Å². The van der Waals surface area contributed by atoms with Gasteiger partial charge in [-0.25, -0.2) is 9.37 Å². The Hall–Kier alpha value is -3.03. The Morgan fingerprint density at radius 2 is 2.04 bits per heavy atom. The number of carbonyl (C=O) groups is 1. The average Bonchev–Trinajstić information content (AvgIpc) is 3.02. The SMILES string of the molecule is CC(C)CCNC(=O)Cn1cnc2onc(-c3ccc(F)cc3)c2c1=O. The highest BCUT2D eigenvalue weighted by molar-refractivity contribution is 5.88. The van der Waals surface area contributed by atoms with E-state index in [1.165, 1.54) is 35.2 Å². The molecule has 1 amide bonds. The first-order chi connectivity index (χ1) is 12.5. The molecular formula is C18H19FN4O3. The van der Waals surface area contributed by atoms with Crippen molar-refractivity contribution in [2.24, 2.45) is 5.92 Å². The van der Waals surface area contributed by atoms with Gasteiger partial charge in [0.25, 0.3) is 11.3 Å². The Morgan fingerprint density at radius 1 is 1.31 bits per heavy atom. The van der Waals surface area contributed by atoms with Crippen LogP contribution in [0.1, 0.15) is 20.3 Å². The smallest absolute Gasteiger partial charge is 0.267 e. The lowest BCUT2D eigenvalue weighted by molar-refractivity contribution is -0.121. The number of fused-ring (bicyclic) bond motifs is 1. The molecule has 0 spiro atoms. The van der Waals surface area contributed by atoms with Crippen LogP contribution >= 0.6 is 0 Å². The molecule has 0 radical (unpaired) electrons. The van der Waals surface area contributed by atoms with Crippen LogP contribution < -0.4 is 10.9 Å². The standard InChI is InChI=1S/C18H19FN4O3/c1-11(2)7-8-20-14(24)9-23-10-21-17-15(18(23)25)16(22-26-17)12-3-5-13(19)6-4-12/h3-6,10-11H,7-9H2,1-2H3,(H,20,24). The number of rotatable bonds is 6. The summed E-state index contributed by atoms with van der Waals surface area (Å²) in [6.45, 7) is 4.54. The maximum Gasteiger partial charge on any atom is 0.267 e. The number of halogens is 1. The summed E-state index contributed by atoms with van der Waals surface area (Å²) in [4.78, 5) is 28.8. The molecule has 0 saturated heterocycles. The van der Waals surface area contributed by atoms with Crippen LogP contribution in [0.4, 0.5) is 4.39 Å². The molecule has 1 N–H and O–H groups in total. The Bertz CT molecular complexity index is 976. The minimum atomic E-state index is -0.436. The maximum absolute atomic E-state index is 13.1. The number of hydrogen-bond acceptors (Lipinski definition) is 5. The van der Waals surface area contributed by atoms with Gasteiger partial charge in [-0.15, -0.1) is 0 Å². The Balaban J connectivity index is 1.88. The van der Waals surface area contributed by atoms with Crippen LogP contribution in [0.25, 0.3) is 22.4 Å². The van der Waals surface area contributed by atoms with Gasteiger partial charge in [-0.1, -0.05) is 19.0 Å². The van der Waals surface area contributed by atoms with E-state index in [-0.39, 0.29) is 29.2 Å². The first-order valence-electron chi connectivity index (χ1n) is 8.33. The maximum atomic E-state index is 13.1. The van der Waals surface area contributed by atoms with Gasteiger partial charge in [0, 0.05) is 12.1 Å². The largest absolute Gasteiger partial charge is 0.355 e. The number of benzene rings is 1. The lowest BCUT2D eigenvalue weighted by Crippen LogP contribution is -2.33. The molecule has 2 heterocycles. The number of amides is 1. The summed E-state index contributed by atoms with van der Waals surface area (Å²) in [6.07, 6.45) is 2.12. The summed E-state index contributed by atoms with van der Waals surface area (Å²) in [5.41, 5.74) is 0.440. The van der Waals surface area contributed by atoms with Gasteiger partial charge < -0.3 is 9.84 Å². The van der Waals surface area contributed by atoms with Crippen molar-refractivity contribution >= 4 is 17.0 Å². The highest BCUT2D eigenvalue weighted by Gasteiger charge is 2.18. The van der Waals surface area contributed by atoms with Gasteiger partial charge in [0.15, 0.2) is 0 Å². The quantitative estimate of drug-likeness (QED) is 0.730. The fourth-order valence-corrected chi connectivity index (χ4v) is 2.51. The lowest BCUT2D eigenvalue weighted by Gasteiger charge is -2.08. The van der Waals surface area contributed by atoms with E-state index in [1.807, 2.05) is 0 Å². The van der Waals surface area contributed by atoms with Gasteiger partial charge >= 0.3 is 0 Å². The van der Waals surface area contributed by atoms with Crippen LogP contribution in [0.3, 0.4) is 0 Å². The minimum Gasteiger partial charge on any atom is -0.355 e. The molecule has 0 aliphatic rings. The second-order valence-corrected chi connectivity index (χ2v) is 6.43. The molecule has 26 heavy (non-hydrogen) atoms. The summed E-state index contributed by atoms with van der Waals surface area (Å²) < 4.78 is 19.4. The van der Waals surface area contributed by atoms with Crippen molar-refractivity contribution in [2.75, 3.05) is 6.54 Å². The van der Waals surface area contributed by atoms with Crippen LogP contribution in [0.5, 0.6) is 0 Å². The predicted octanol–water partition coefficient (Wildman–Crippen LogP) is 2.35. The van der Waals surface area contributed by atoms with Crippen LogP contribution in [-0.4, -0.2) is 27.2 Å². The Kier molecular flexibility index (Phi) is 5.11. The van der Waals surface area contributed by atoms with Crippen LogP contribution in [0.15, 0.2) is 39.9 Å². The number of nitrogens with one attached hydrogen (secondary N) is 1. The number of hydrogen-bond donors (Lipinski definition) is 1. The molecule has 0 aliphatic carbocycles. The fourth-order valence-electron chi connectivity index (χ4n) is 2.51. The monoisotopic (exact) mass is 358 g/mol. The molecule has 0 aliphatic heterocycles. The van der Waals surface area contributed by atoms with Crippen molar-refractivity contribution in [3.05, 3.63) is 46.8 Å². The second-order valence-electron chi connectivity index (χ2n) is 6.43. The van der Waals surface area contributed by atoms with E-state index in [2.05, 4.69) is 29.3 Å². The first-order valence-corrected chi connectivity index (χ1v) is 8.33. The van der Waals surface area contributed by atoms with E-state index in [9.17, 15) is 14.0 Å². The van der Waals surface area contributed by atoms with Crippen molar-refractivity contribution < 1.29 is 13.7 Å². The molecular weight excluding hydrogens is 339 g/mol. The third-order valence-corrected chi connectivity index (χ3v) is 3.94. The van der Waals surface area contributed by atoms with E-state index < -0.39 is 11.4 Å². The zero-order valence-corrected chi connectivity index (χ0v) is 14.5. The lowest BCUT2D eigenvalue weighted by atomic mass is 10.1. The number of aromatic nitrogens is 3. The predicted molar refractivity (Wildman–Crippen MR) is 93.9 cm³/mol. The average molecular weight is 358 g/mol. The summed E-state index contributed by atoms with van der Waals surface area (Å²) in [6, 6.07) is 5.55. The van der Waals surface area contributed by atoms with Gasteiger partial charge in [-0.05, 0) is 36.6 Å². The number of carbonyl (C=O) groups excluding carboxylic acids is 1. The molecule has 0 unspecified atom stereocenters. The highest BCUT2D eigenvalue weighted by atomic mass is 19.1. The van der Waals surface area contributed by atoms with Gasteiger partial charge in [-0.2, -0.15) is 0 Å². The van der Waals surface area contributed by atoms with Crippen molar-refractivity contribution in [1.29, 1.82) is 0 Å². The van der Waals surface area contributed by atoms with E-state index in [1.54, 1.807) is 0 Å². The van der Waals surface area contributed by atoms with Crippen molar-refractivity contribution in [1.82, 2.24) is 20.0 Å². The zero-order valence-electron chi connectivity index (χ0n) is 14.5. The Labute approximate surface area is 148 Å². The van der Waals surface area contributed by atoms with Crippen LogP contribution in [0.2, 0.25) is 0 Å². The van der Waals surface area contributed by atoms with Crippen molar-refractivity contribution in [3.8, 4) is 11.3 Å². The molecule has 7 nitrogen and oxygen atoms in total. The summed E-state index contributed by atoms with van der Waals surface area (Å²) in [5.74, 6) is -0.185. The van der Waals surface area contributed by atoms with Crippen LogP contribution in [-0.2, 0) is 11.3 Å². The van der Waals surface area contributed by atoms with Crippen molar-refractivity contribution in [3.63, 3.8) is 0 Å². The normalized spacial score (nSPS) is 11.2. The minimum absolute atomic E-state index is 0.0748. The molecule has 8 heteroatoms. The summed E-state index contributed by atoms with van der Waals surface area (Å²) >= 11 is 0. The van der Waals surface area contributed by atoms with Crippen molar-refractivity contribution in [2.45, 2.75) is 26.8 Å².